The molecule has 1 amide bonds. The van der Waals surface area contributed by atoms with Crippen molar-refractivity contribution in [2.75, 3.05) is 12.4 Å². The Balaban J connectivity index is 2.00. The van der Waals surface area contributed by atoms with Crippen LogP contribution in [0.4, 0.5) is 0 Å². The zero-order valence-electron chi connectivity index (χ0n) is 18.6. The van der Waals surface area contributed by atoms with Crippen molar-refractivity contribution in [3.63, 3.8) is 0 Å². The number of ether oxygens (including phenoxy) is 1. The fraction of sp³-hybridized carbons (Fsp3) is 0.391. The van der Waals surface area contributed by atoms with E-state index in [0.717, 1.165) is 17.0 Å². The molecule has 0 aliphatic heterocycles. The largest absolute Gasteiger partial charge is 0.492 e. The summed E-state index contributed by atoms with van der Waals surface area (Å²) in [6, 6.07) is 11.8. The van der Waals surface area contributed by atoms with Crippen LogP contribution >= 0.6 is 11.8 Å². The Morgan fingerprint density at radius 3 is 2.39 bits per heavy atom. The van der Waals surface area contributed by atoms with E-state index in [1.165, 1.54) is 11.8 Å². The molecule has 0 saturated carbocycles. The van der Waals surface area contributed by atoms with Crippen LogP contribution in [0.15, 0.2) is 53.9 Å². The molecule has 0 unspecified atom stereocenters. The maximum atomic E-state index is 12.9. The van der Waals surface area contributed by atoms with E-state index in [9.17, 15) is 4.79 Å². The molecule has 0 aliphatic rings. The van der Waals surface area contributed by atoms with Crippen LogP contribution in [0.3, 0.4) is 0 Å². The molecule has 7 nitrogen and oxygen atoms in total. The second kappa shape index (κ2) is 10.4. The van der Waals surface area contributed by atoms with Gasteiger partial charge in [0.1, 0.15) is 5.75 Å². The summed E-state index contributed by atoms with van der Waals surface area (Å²) < 4.78 is 7.81. The van der Waals surface area contributed by atoms with E-state index in [1.54, 1.807) is 12.4 Å². The minimum absolute atomic E-state index is 0.0769. The summed E-state index contributed by atoms with van der Waals surface area (Å²) in [5.74, 6) is 1.77. The number of hydrogen-bond donors (Lipinski definition) is 0. The molecule has 2 aromatic heterocycles. The number of nitrogens with zero attached hydrogens (tertiary/aromatic N) is 5. The van der Waals surface area contributed by atoms with Gasteiger partial charge in [-0.1, -0.05) is 23.9 Å². The van der Waals surface area contributed by atoms with Gasteiger partial charge >= 0.3 is 0 Å². The quantitative estimate of drug-likeness (QED) is 0.458. The number of hydrogen-bond acceptors (Lipinski definition) is 6. The highest BCUT2D eigenvalue weighted by Gasteiger charge is 2.23. The number of rotatable bonds is 9. The van der Waals surface area contributed by atoms with Crippen molar-refractivity contribution in [1.29, 1.82) is 0 Å². The topological polar surface area (TPSA) is 73.1 Å². The van der Waals surface area contributed by atoms with Crippen molar-refractivity contribution in [2.24, 2.45) is 0 Å². The fourth-order valence-electron chi connectivity index (χ4n) is 3.56. The normalized spacial score (nSPS) is 11.2. The average molecular weight is 440 g/mol. The van der Waals surface area contributed by atoms with E-state index in [2.05, 4.69) is 15.2 Å². The van der Waals surface area contributed by atoms with Crippen molar-refractivity contribution >= 4 is 17.7 Å². The Morgan fingerprint density at radius 2 is 1.74 bits per heavy atom. The van der Waals surface area contributed by atoms with Crippen LogP contribution < -0.4 is 4.74 Å². The van der Waals surface area contributed by atoms with Crippen molar-refractivity contribution in [2.45, 2.75) is 51.9 Å². The predicted octanol–water partition coefficient (Wildman–Crippen LogP) is 4.47. The standard InChI is InChI=1S/C23H29N5O2S/c1-6-30-20-10-8-7-9-19(20)28-22(18-11-13-24-14-12-18)25-26-23(28)31-15-21(29)27(16(2)3)17(4)5/h7-14,16-17H,6,15H2,1-5H3. The van der Waals surface area contributed by atoms with Gasteiger partial charge in [-0.2, -0.15) is 0 Å². The monoisotopic (exact) mass is 439 g/mol. The summed E-state index contributed by atoms with van der Waals surface area (Å²) in [5, 5.41) is 9.50. The van der Waals surface area contributed by atoms with E-state index >= 15 is 0 Å². The maximum absolute atomic E-state index is 12.9. The summed E-state index contributed by atoms with van der Waals surface area (Å²) >= 11 is 1.38. The van der Waals surface area contributed by atoms with Crippen LogP contribution in [0.5, 0.6) is 5.75 Å². The molecular formula is C23H29N5O2S. The van der Waals surface area contributed by atoms with Crippen LogP contribution in [0.25, 0.3) is 17.1 Å². The van der Waals surface area contributed by atoms with Crippen molar-refractivity contribution < 1.29 is 9.53 Å². The lowest BCUT2D eigenvalue weighted by atomic mass is 10.2. The van der Waals surface area contributed by atoms with E-state index in [1.807, 2.05) is 80.5 Å². The zero-order valence-corrected chi connectivity index (χ0v) is 19.5. The Hall–Kier alpha value is -2.87. The molecule has 8 heteroatoms. The SMILES string of the molecule is CCOc1ccccc1-n1c(SCC(=O)N(C(C)C)C(C)C)nnc1-c1ccncc1. The minimum atomic E-state index is 0.0769. The molecule has 0 radical (unpaired) electrons. The van der Waals surface area contributed by atoms with Gasteiger partial charge in [0, 0.05) is 30.0 Å². The maximum Gasteiger partial charge on any atom is 0.233 e. The molecule has 3 aromatic rings. The van der Waals surface area contributed by atoms with Crippen molar-refractivity contribution in [1.82, 2.24) is 24.6 Å². The lowest BCUT2D eigenvalue weighted by molar-refractivity contribution is -0.131. The first-order valence-corrected chi connectivity index (χ1v) is 11.4. The van der Waals surface area contributed by atoms with Crippen LogP contribution in [-0.2, 0) is 4.79 Å². The summed E-state index contributed by atoms with van der Waals surface area (Å²) in [5.41, 5.74) is 1.72. The molecular weight excluding hydrogens is 410 g/mol. The summed E-state index contributed by atoms with van der Waals surface area (Å²) in [6.07, 6.45) is 3.45. The highest BCUT2D eigenvalue weighted by molar-refractivity contribution is 7.99. The molecule has 2 heterocycles. The third kappa shape index (κ3) is 5.25. The number of benzene rings is 1. The number of carbonyl (C=O) groups excluding carboxylic acids is 1. The minimum Gasteiger partial charge on any atom is -0.492 e. The van der Waals surface area contributed by atoms with Gasteiger partial charge in [0.2, 0.25) is 5.91 Å². The van der Waals surface area contributed by atoms with Gasteiger partial charge in [-0.25, -0.2) is 0 Å². The molecule has 0 bridgehead atoms. The highest BCUT2D eigenvalue weighted by Crippen LogP contribution is 2.32. The van der Waals surface area contributed by atoms with Crippen LogP contribution in [0.2, 0.25) is 0 Å². The first-order valence-electron chi connectivity index (χ1n) is 10.5. The summed E-state index contributed by atoms with van der Waals surface area (Å²) in [6.45, 7) is 10.6. The van der Waals surface area contributed by atoms with Crippen molar-refractivity contribution in [3.8, 4) is 22.8 Å². The molecule has 3 rings (SSSR count). The Bertz CT molecular complexity index is 996. The average Bonchev–Trinajstić information content (AvgIpc) is 3.17. The predicted molar refractivity (Wildman–Crippen MR) is 124 cm³/mol. The van der Waals surface area contributed by atoms with E-state index in [-0.39, 0.29) is 23.7 Å². The third-order valence-corrected chi connectivity index (χ3v) is 5.62. The summed E-state index contributed by atoms with van der Waals surface area (Å²) in [7, 11) is 0. The van der Waals surface area contributed by atoms with Crippen LogP contribution in [-0.4, -0.2) is 55.0 Å². The number of aromatic nitrogens is 4. The number of para-hydroxylation sites is 2. The van der Waals surface area contributed by atoms with Crippen LogP contribution in [0.1, 0.15) is 34.6 Å². The highest BCUT2D eigenvalue weighted by atomic mass is 32.2. The van der Waals surface area contributed by atoms with Crippen molar-refractivity contribution in [3.05, 3.63) is 48.8 Å². The molecule has 0 aliphatic carbocycles. The molecule has 1 aromatic carbocycles. The number of thioether (sulfide) groups is 1. The van der Waals surface area contributed by atoms with Gasteiger partial charge < -0.3 is 9.64 Å². The van der Waals surface area contributed by atoms with E-state index in [4.69, 9.17) is 4.74 Å². The number of carbonyl (C=O) groups is 1. The van der Waals surface area contributed by atoms with Gasteiger partial charge in [0.05, 0.1) is 18.0 Å². The Morgan fingerprint density at radius 1 is 1.06 bits per heavy atom. The Labute approximate surface area is 187 Å². The van der Waals surface area contributed by atoms with E-state index in [0.29, 0.717) is 17.6 Å². The fourth-order valence-corrected chi connectivity index (χ4v) is 4.38. The van der Waals surface area contributed by atoms with Gasteiger partial charge in [-0.05, 0) is 58.9 Å². The second-order valence-corrected chi connectivity index (χ2v) is 8.50. The molecule has 31 heavy (non-hydrogen) atoms. The number of pyridine rings is 1. The summed E-state index contributed by atoms with van der Waals surface area (Å²) in [4.78, 5) is 18.9. The second-order valence-electron chi connectivity index (χ2n) is 7.56. The molecule has 0 saturated heterocycles. The molecule has 0 fully saturated rings. The number of amides is 1. The molecule has 0 N–H and O–H groups in total. The van der Waals surface area contributed by atoms with Gasteiger partial charge in [0.25, 0.3) is 0 Å². The zero-order chi connectivity index (χ0) is 22.4. The first kappa shape index (κ1) is 22.8. The molecule has 164 valence electrons. The lowest BCUT2D eigenvalue weighted by Crippen LogP contribution is -2.43. The van der Waals surface area contributed by atoms with Gasteiger partial charge in [-0.3, -0.25) is 14.3 Å². The Kier molecular flexibility index (Phi) is 7.68. The van der Waals surface area contributed by atoms with E-state index < -0.39 is 0 Å². The smallest absolute Gasteiger partial charge is 0.233 e. The van der Waals surface area contributed by atoms with Crippen LogP contribution in [0, 0.1) is 0 Å². The van der Waals surface area contributed by atoms with Gasteiger partial charge in [0.15, 0.2) is 11.0 Å². The lowest BCUT2D eigenvalue weighted by Gasteiger charge is -2.30. The third-order valence-electron chi connectivity index (χ3n) is 4.70. The first-order chi connectivity index (χ1) is 14.9. The van der Waals surface area contributed by atoms with Gasteiger partial charge in [-0.15, -0.1) is 10.2 Å². The molecule has 0 atom stereocenters. The molecule has 0 spiro atoms.